The minimum absolute atomic E-state index is 0.568. The third-order valence-electron chi connectivity index (χ3n) is 1.50. The van der Waals surface area contributed by atoms with Gasteiger partial charge in [0.1, 0.15) is 6.67 Å². The smallest absolute Gasteiger partial charge is 0.130 e. The van der Waals surface area contributed by atoms with Crippen LogP contribution in [0.2, 0.25) is 0 Å². The van der Waals surface area contributed by atoms with E-state index < -0.39 is 0 Å². The molecule has 0 N–H and O–H groups in total. The normalized spacial score (nSPS) is 13.6. The summed E-state index contributed by atoms with van der Waals surface area (Å²) < 4.78 is 2.05. The van der Waals surface area contributed by atoms with Gasteiger partial charge in [0.15, 0.2) is 0 Å². The van der Waals surface area contributed by atoms with Gasteiger partial charge in [-0.15, -0.1) is 0 Å². The van der Waals surface area contributed by atoms with Crippen molar-refractivity contribution in [3.8, 4) is 0 Å². The zero-order valence-electron chi connectivity index (χ0n) is 5.51. The summed E-state index contributed by atoms with van der Waals surface area (Å²) >= 11 is 6.80. The fourth-order valence-electron chi connectivity index (χ4n) is 0.967. The van der Waals surface area contributed by atoms with Crippen LogP contribution in [0.15, 0.2) is 31.1 Å². The van der Waals surface area contributed by atoms with Crippen molar-refractivity contribution in [1.29, 1.82) is 0 Å². The Kier molecular flexibility index (Phi) is 1.81. The van der Waals surface area contributed by atoms with Crippen LogP contribution in [0.5, 0.6) is 0 Å². The van der Waals surface area contributed by atoms with E-state index in [1.165, 1.54) is 0 Å². The third-order valence-corrected chi connectivity index (χ3v) is 3.34. The zero-order valence-corrected chi connectivity index (χ0v) is 8.68. The molecule has 0 amide bonds. The van der Waals surface area contributed by atoms with Gasteiger partial charge in [0.2, 0.25) is 0 Å². The number of fused-ring (bicyclic) bond motifs is 1. The van der Waals surface area contributed by atoms with Crippen molar-refractivity contribution in [2.75, 3.05) is 6.67 Å². The molecule has 1 aliphatic heterocycles. The van der Waals surface area contributed by atoms with Crippen LogP contribution in [-0.2, 0) is 0 Å². The Morgan fingerprint density at radius 2 is 1.45 bits per heavy atom. The predicted octanol–water partition coefficient (Wildman–Crippen LogP) is 1.42. The molecule has 0 saturated heterocycles. The van der Waals surface area contributed by atoms with Crippen molar-refractivity contribution in [2.24, 2.45) is 9.98 Å². The zero-order chi connectivity index (χ0) is 7.84. The van der Waals surface area contributed by atoms with Crippen molar-refractivity contribution >= 4 is 31.9 Å². The molecule has 1 aliphatic rings. The molecule has 0 unspecified atom stereocenters. The minimum Gasteiger partial charge on any atom is -0.260 e. The summed E-state index contributed by atoms with van der Waals surface area (Å²) in [5.74, 6) is 0. The SMILES string of the molecule is Brc1cc2c(cc1Br)=NCN=2. The molecule has 0 aliphatic carbocycles. The summed E-state index contributed by atoms with van der Waals surface area (Å²) in [6, 6.07) is 3.94. The van der Waals surface area contributed by atoms with Crippen LogP contribution in [0.4, 0.5) is 0 Å². The number of rotatable bonds is 0. The van der Waals surface area contributed by atoms with Gasteiger partial charge in [-0.25, -0.2) is 0 Å². The van der Waals surface area contributed by atoms with E-state index in [0.717, 1.165) is 19.7 Å². The van der Waals surface area contributed by atoms with E-state index >= 15 is 0 Å². The fraction of sp³-hybridized carbons (Fsp3) is 0.143. The second kappa shape index (κ2) is 2.68. The lowest BCUT2D eigenvalue weighted by Gasteiger charge is -1.91. The quantitative estimate of drug-likeness (QED) is 0.684. The lowest BCUT2D eigenvalue weighted by molar-refractivity contribution is 1.06. The number of nitrogens with zero attached hydrogens (tertiary/aromatic N) is 2. The van der Waals surface area contributed by atoms with Gasteiger partial charge in [-0.05, 0) is 44.0 Å². The topological polar surface area (TPSA) is 24.7 Å². The summed E-state index contributed by atoms with van der Waals surface area (Å²) in [4.78, 5) is 8.37. The van der Waals surface area contributed by atoms with Crippen LogP contribution < -0.4 is 10.7 Å². The largest absolute Gasteiger partial charge is 0.260 e. The second-order valence-electron chi connectivity index (χ2n) is 2.21. The van der Waals surface area contributed by atoms with E-state index in [1.54, 1.807) is 0 Å². The van der Waals surface area contributed by atoms with Crippen LogP contribution >= 0.6 is 31.9 Å². The van der Waals surface area contributed by atoms with E-state index in [0.29, 0.717) is 6.67 Å². The summed E-state index contributed by atoms with van der Waals surface area (Å²) in [5, 5.41) is 1.94. The molecular formula is C7H4Br2N2. The van der Waals surface area contributed by atoms with Crippen molar-refractivity contribution in [3.05, 3.63) is 31.8 Å². The molecule has 1 aromatic carbocycles. The molecular weight excluding hydrogens is 272 g/mol. The molecule has 2 rings (SSSR count). The molecule has 0 aromatic heterocycles. The van der Waals surface area contributed by atoms with Crippen LogP contribution in [0.3, 0.4) is 0 Å². The number of hydrogen-bond acceptors (Lipinski definition) is 2. The second-order valence-corrected chi connectivity index (χ2v) is 3.92. The highest BCUT2D eigenvalue weighted by Crippen LogP contribution is 2.18. The molecule has 0 atom stereocenters. The molecule has 0 bridgehead atoms. The standard InChI is InChI=1S/C7H4Br2N2/c8-4-1-6-7(2-5(4)9)11-3-10-6/h1-2H,3H2. The highest BCUT2D eigenvalue weighted by molar-refractivity contribution is 9.13. The van der Waals surface area contributed by atoms with Crippen LogP contribution in [-0.4, -0.2) is 6.67 Å². The maximum atomic E-state index is 4.18. The maximum Gasteiger partial charge on any atom is 0.130 e. The van der Waals surface area contributed by atoms with Crippen LogP contribution in [0.1, 0.15) is 0 Å². The van der Waals surface area contributed by atoms with Gasteiger partial charge in [0.25, 0.3) is 0 Å². The molecule has 0 radical (unpaired) electrons. The van der Waals surface area contributed by atoms with Gasteiger partial charge in [0.05, 0.1) is 10.7 Å². The lowest BCUT2D eigenvalue weighted by atomic mass is 10.3. The van der Waals surface area contributed by atoms with Gasteiger partial charge in [-0.3, -0.25) is 9.98 Å². The highest BCUT2D eigenvalue weighted by Gasteiger charge is 2.00. The van der Waals surface area contributed by atoms with Crippen molar-refractivity contribution in [1.82, 2.24) is 0 Å². The number of halogens is 2. The molecule has 0 fully saturated rings. The maximum absolute atomic E-state index is 4.18. The number of benzene rings is 1. The Morgan fingerprint density at radius 1 is 1.00 bits per heavy atom. The van der Waals surface area contributed by atoms with Crippen molar-refractivity contribution in [2.45, 2.75) is 0 Å². The highest BCUT2D eigenvalue weighted by atomic mass is 79.9. The Bertz CT molecular complexity index is 372. The predicted molar refractivity (Wildman–Crippen MR) is 49.0 cm³/mol. The average Bonchev–Trinajstić information content (AvgIpc) is 2.36. The molecule has 1 aromatic rings. The first-order valence-corrected chi connectivity index (χ1v) is 4.70. The molecule has 56 valence electrons. The van der Waals surface area contributed by atoms with E-state index in [9.17, 15) is 0 Å². The fourth-order valence-corrected chi connectivity index (χ4v) is 1.63. The molecule has 4 heteroatoms. The van der Waals surface area contributed by atoms with E-state index in [2.05, 4.69) is 41.8 Å². The Hall–Kier alpha value is -0.220. The van der Waals surface area contributed by atoms with Crippen LogP contribution in [0, 0.1) is 0 Å². The monoisotopic (exact) mass is 274 g/mol. The van der Waals surface area contributed by atoms with Crippen molar-refractivity contribution < 1.29 is 0 Å². The van der Waals surface area contributed by atoms with E-state index in [1.807, 2.05) is 12.1 Å². The van der Waals surface area contributed by atoms with E-state index in [4.69, 9.17) is 0 Å². The molecule has 11 heavy (non-hydrogen) atoms. The minimum atomic E-state index is 0.568. The van der Waals surface area contributed by atoms with Gasteiger partial charge in [0, 0.05) is 8.95 Å². The Morgan fingerprint density at radius 3 is 1.91 bits per heavy atom. The van der Waals surface area contributed by atoms with Crippen molar-refractivity contribution in [3.63, 3.8) is 0 Å². The summed E-state index contributed by atoms with van der Waals surface area (Å²) in [6.07, 6.45) is 0. The number of hydrogen-bond donors (Lipinski definition) is 0. The summed E-state index contributed by atoms with van der Waals surface area (Å²) in [6.45, 7) is 0.568. The molecule has 2 nitrogen and oxygen atoms in total. The van der Waals surface area contributed by atoms with Gasteiger partial charge in [-0.2, -0.15) is 0 Å². The first-order chi connectivity index (χ1) is 5.27. The first kappa shape index (κ1) is 7.43. The average molecular weight is 276 g/mol. The van der Waals surface area contributed by atoms with Gasteiger partial charge >= 0.3 is 0 Å². The molecule has 0 saturated carbocycles. The van der Waals surface area contributed by atoms with Crippen LogP contribution in [0.25, 0.3) is 0 Å². The Labute approximate surface area is 80.3 Å². The summed E-state index contributed by atoms with van der Waals surface area (Å²) in [5.41, 5.74) is 0. The summed E-state index contributed by atoms with van der Waals surface area (Å²) in [7, 11) is 0. The Balaban J connectivity index is 2.88. The van der Waals surface area contributed by atoms with Gasteiger partial charge in [-0.1, -0.05) is 0 Å². The third kappa shape index (κ3) is 1.25. The van der Waals surface area contributed by atoms with Gasteiger partial charge < -0.3 is 0 Å². The van der Waals surface area contributed by atoms with E-state index in [-0.39, 0.29) is 0 Å². The lowest BCUT2D eigenvalue weighted by Crippen LogP contribution is -2.21. The molecule has 0 spiro atoms. The first-order valence-electron chi connectivity index (χ1n) is 3.11. The molecule has 1 heterocycles.